The van der Waals surface area contributed by atoms with Gasteiger partial charge in [-0.05, 0) is 35.4 Å². The highest BCUT2D eigenvalue weighted by atomic mass is 16.1. The number of fused-ring (bicyclic) bond motifs is 1. The van der Waals surface area contributed by atoms with Gasteiger partial charge in [0.2, 0.25) is 5.91 Å². The minimum absolute atomic E-state index is 0.142. The van der Waals surface area contributed by atoms with Crippen LogP contribution in [0.4, 0.5) is 5.82 Å². The van der Waals surface area contributed by atoms with Crippen molar-refractivity contribution < 1.29 is 4.79 Å². The first-order chi connectivity index (χ1) is 12.1. The Kier molecular flexibility index (Phi) is 5.04. The predicted molar refractivity (Wildman–Crippen MR) is 101 cm³/mol. The van der Waals surface area contributed by atoms with Crippen LogP contribution in [0.5, 0.6) is 0 Å². The molecule has 0 spiro atoms. The third-order valence-corrected chi connectivity index (χ3v) is 3.81. The van der Waals surface area contributed by atoms with Crippen LogP contribution in [0.2, 0.25) is 0 Å². The molecule has 3 aromatic rings. The van der Waals surface area contributed by atoms with E-state index in [4.69, 9.17) is 0 Å². The second-order valence-corrected chi connectivity index (χ2v) is 5.89. The van der Waals surface area contributed by atoms with Crippen LogP contribution in [0.15, 0.2) is 60.9 Å². The van der Waals surface area contributed by atoms with E-state index in [2.05, 4.69) is 15.3 Å². The van der Waals surface area contributed by atoms with Gasteiger partial charge in [0.05, 0.1) is 5.52 Å². The summed E-state index contributed by atoms with van der Waals surface area (Å²) in [4.78, 5) is 22.7. The Bertz CT molecular complexity index is 904. The smallest absolute Gasteiger partial charge is 0.244 e. The molecule has 0 saturated carbocycles. The van der Waals surface area contributed by atoms with Gasteiger partial charge in [-0.1, -0.05) is 24.3 Å². The number of carbonyl (C=O) groups excluding carboxylic acids is 1. The summed E-state index contributed by atoms with van der Waals surface area (Å²) < 4.78 is 0. The topological polar surface area (TPSA) is 58.1 Å². The zero-order valence-corrected chi connectivity index (χ0v) is 14.3. The van der Waals surface area contributed by atoms with Crippen molar-refractivity contribution in [1.82, 2.24) is 15.3 Å². The van der Waals surface area contributed by atoms with Crippen LogP contribution in [0, 0.1) is 0 Å². The van der Waals surface area contributed by atoms with E-state index in [1.165, 1.54) is 6.08 Å². The average Bonchev–Trinajstić information content (AvgIpc) is 2.65. The fourth-order valence-electron chi connectivity index (χ4n) is 2.50. The Hall–Kier alpha value is -3.21. The Morgan fingerprint density at radius 3 is 2.80 bits per heavy atom. The number of rotatable bonds is 5. The van der Waals surface area contributed by atoms with Crippen molar-refractivity contribution in [3.8, 4) is 0 Å². The molecule has 3 rings (SSSR count). The number of carbonyl (C=O) groups is 1. The first-order valence-corrected chi connectivity index (χ1v) is 8.05. The van der Waals surface area contributed by atoms with Crippen molar-refractivity contribution in [2.24, 2.45) is 0 Å². The van der Waals surface area contributed by atoms with Gasteiger partial charge in [0.25, 0.3) is 0 Å². The molecule has 1 aromatic carbocycles. The average molecular weight is 332 g/mol. The van der Waals surface area contributed by atoms with Gasteiger partial charge < -0.3 is 10.2 Å². The quantitative estimate of drug-likeness (QED) is 0.730. The molecular formula is C20H20N4O. The molecule has 2 aromatic heterocycles. The maximum absolute atomic E-state index is 12.1. The Morgan fingerprint density at radius 1 is 1.20 bits per heavy atom. The lowest BCUT2D eigenvalue weighted by molar-refractivity contribution is -0.116. The monoisotopic (exact) mass is 332 g/mol. The van der Waals surface area contributed by atoms with Crippen molar-refractivity contribution in [3.63, 3.8) is 0 Å². The maximum atomic E-state index is 12.1. The fourth-order valence-corrected chi connectivity index (χ4v) is 2.50. The van der Waals surface area contributed by atoms with Crippen LogP contribution >= 0.6 is 0 Å². The van der Waals surface area contributed by atoms with Gasteiger partial charge in [-0.25, -0.2) is 4.98 Å². The number of aromatic nitrogens is 2. The van der Waals surface area contributed by atoms with Crippen molar-refractivity contribution in [2.75, 3.05) is 19.0 Å². The number of para-hydroxylation sites is 1. The van der Waals surface area contributed by atoms with Crippen molar-refractivity contribution >= 4 is 28.7 Å². The van der Waals surface area contributed by atoms with E-state index >= 15 is 0 Å². The van der Waals surface area contributed by atoms with Crippen LogP contribution in [0.25, 0.3) is 17.0 Å². The standard InChI is InChI=1S/C20H20N4O/c1-24(2)19-12-16(17-7-3-4-8-18(17)23-19)14-22-20(25)10-9-15-6-5-11-21-13-15/h3-13H,14H2,1-2H3,(H,22,25)/b10-9+. The van der Waals surface area contributed by atoms with Crippen LogP contribution in [-0.4, -0.2) is 30.0 Å². The third-order valence-electron chi connectivity index (χ3n) is 3.81. The Balaban J connectivity index is 1.76. The zero-order valence-electron chi connectivity index (χ0n) is 14.3. The highest BCUT2D eigenvalue weighted by Crippen LogP contribution is 2.21. The molecule has 0 bridgehead atoms. The predicted octanol–water partition coefficient (Wildman–Crippen LogP) is 3.03. The molecule has 5 heteroatoms. The molecule has 0 aliphatic heterocycles. The van der Waals surface area contributed by atoms with E-state index in [0.717, 1.165) is 27.8 Å². The van der Waals surface area contributed by atoms with Crippen molar-refractivity contribution in [3.05, 3.63) is 72.1 Å². The first kappa shape index (κ1) is 16.6. The van der Waals surface area contributed by atoms with Gasteiger partial charge in [-0.15, -0.1) is 0 Å². The summed E-state index contributed by atoms with van der Waals surface area (Å²) in [7, 11) is 3.91. The van der Waals surface area contributed by atoms with Gasteiger partial charge in [-0.3, -0.25) is 9.78 Å². The van der Waals surface area contributed by atoms with Crippen LogP contribution < -0.4 is 10.2 Å². The van der Waals surface area contributed by atoms with Gasteiger partial charge in [0.15, 0.2) is 0 Å². The highest BCUT2D eigenvalue weighted by Gasteiger charge is 2.07. The molecule has 0 fully saturated rings. The SMILES string of the molecule is CN(C)c1cc(CNC(=O)/C=C/c2cccnc2)c2ccccc2n1. The van der Waals surface area contributed by atoms with E-state index in [9.17, 15) is 4.79 Å². The second kappa shape index (κ2) is 7.57. The summed E-state index contributed by atoms with van der Waals surface area (Å²) >= 11 is 0. The van der Waals surface area contributed by atoms with Gasteiger partial charge in [0, 0.05) is 44.5 Å². The highest BCUT2D eigenvalue weighted by molar-refractivity contribution is 5.92. The number of benzene rings is 1. The molecule has 1 N–H and O–H groups in total. The largest absolute Gasteiger partial charge is 0.363 e. The van der Waals surface area contributed by atoms with E-state index in [-0.39, 0.29) is 5.91 Å². The lowest BCUT2D eigenvalue weighted by Gasteiger charge is -2.15. The van der Waals surface area contributed by atoms with Gasteiger partial charge >= 0.3 is 0 Å². The number of hydrogen-bond donors (Lipinski definition) is 1. The van der Waals surface area contributed by atoms with Crippen molar-refractivity contribution in [1.29, 1.82) is 0 Å². The minimum atomic E-state index is -0.142. The fraction of sp³-hybridized carbons (Fsp3) is 0.150. The number of nitrogens with zero attached hydrogens (tertiary/aromatic N) is 3. The Morgan fingerprint density at radius 2 is 2.04 bits per heavy atom. The van der Waals surface area contributed by atoms with Crippen LogP contribution in [-0.2, 0) is 11.3 Å². The van der Waals surface area contributed by atoms with Crippen molar-refractivity contribution in [2.45, 2.75) is 6.54 Å². The van der Waals surface area contributed by atoms with E-state index in [1.54, 1.807) is 18.5 Å². The maximum Gasteiger partial charge on any atom is 0.244 e. The molecule has 25 heavy (non-hydrogen) atoms. The van der Waals surface area contributed by atoms with Crippen LogP contribution in [0.3, 0.4) is 0 Å². The summed E-state index contributed by atoms with van der Waals surface area (Å²) in [5.41, 5.74) is 2.85. The molecule has 1 amide bonds. The summed E-state index contributed by atoms with van der Waals surface area (Å²) in [6, 6.07) is 13.7. The lowest BCUT2D eigenvalue weighted by atomic mass is 10.1. The number of pyridine rings is 2. The number of hydrogen-bond acceptors (Lipinski definition) is 4. The normalized spacial score (nSPS) is 11.0. The molecule has 0 atom stereocenters. The van der Waals surface area contributed by atoms with E-state index in [1.807, 2.05) is 61.5 Å². The molecule has 5 nitrogen and oxygen atoms in total. The number of anilines is 1. The first-order valence-electron chi connectivity index (χ1n) is 8.05. The Labute approximate surface area is 147 Å². The van der Waals surface area contributed by atoms with Gasteiger partial charge in [-0.2, -0.15) is 0 Å². The molecule has 0 unspecified atom stereocenters. The number of nitrogens with one attached hydrogen (secondary N) is 1. The summed E-state index contributed by atoms with van der Waals surface area (Å²) in [5.74, 6) is 0.727. The molecule has 0 radical (unpaired) electrons. The molecule has 0 saturated heterocycles. The molecular weight excluding hydrogens is 312 g/mol. The summed E-state index contributed by atoms with van der Waals surface area (Å²) in [5, 5.41) is 3.98. The summed E-state index contributed by atoms with van der Waals surface area (Å²) in [6.45, 7) is 0.445. The second-order valence-electron chi connectivity index (χ2n) is 5.89. The minimum Gasteiger partial charge on any atom is -0.363 e. The molecule has 0 aliphatic carbocycles. The molecule has 126 valence electrons. The van der Waals surface area contributed by atoms with Crippen LogP contribution in [0.1, 0.15) is 11.1 Å². The summed E-state index contributed by atoms with van der Waals surface area (Å²) in [6.07, 6.45) is 6.68. The molecule has 0 aliphatic rings. The lowest BCUT2D eigenvalue weighted by Crippen LogP contribution is -2.21. The number of amides is 1. The molecule has 2 heterocycles. The van der Waals surface area contributed by atoms with E-state index < -0.39 is 0 Å². The zero-order chi connectivity index (χ0) is 17.6. The van der Waals surface area contributed by atoms with E-state index in [0.29, 0.717) is 6.54 Å². The van der Waals surface area contributed by atoms with Gasteiger partial charge in [0.1, 0.15) is 5.82 Å². The third kappa shape index (κ3) is 4.20.